The maximum atomic E-state index is 12.8. The lowest BCUT2D eigenvalue weighted by Gasteiger charge is -2.24. The Kier molecular flexibility index (Phi) is 8.32. The predicted octanol–water partition coefficient (Wildman–Crippen LogP) is 3.81. The Balaban J connectivity index is 1.72. The first-order valence-corrected chi connectivity index (χ1v) is 12.3. The summed E-state index contributed by atoms with van der Waals surface area (Å²) in [7, 11) is 0. The number of aromatic nitrogens is 2. The Morgan fingerprint density at radius 2 is 1.90 bits per heavy atom. The third kappa shape index (κ3) is 5.98. The van der Waals surface area contributed by atoms with E-state index in [2.05, 4.69) is 36.0 Å². The van der Waals surface area contributed by atoms with Gasteiger partial charge >= 0.3 is 5.69 Å². The first-order chi connectivity index (χ1) is 14.9. The van der Waals surface area contributed by atoms with Gasteiger partial charge in [0.05, 0.1) is 5.75 Å². The molecule has 1 aliphatic carbocycles. The summed E-state index contributed by atoms with van der Waals surface area (Å²) in [5.74, 6) is 0.167. The van der Waals surface area contributed by atoms with E-state index in [1.807, 2.05) is 29.7 Å². The number of rotatable bonds is 9. The second-order valence-electron chi connectivity index (χ2n) is 8.15. The Morgan fingerprint density at radius 1 is 1.16 bits per heavy atom. The smallest absolute Gasteiger partial charge is 0.325 e. The van der Waals surface area contributed by atoms with Crippen LogP contribution in [0.4, 0.5) is 5.69 Å². The molecule has 31 heavy (non-hydrogen) atoms. The van der Waals surface area contributed by atoms with Crippen LogP contribution in [-0.2, 0) is 24.2 Å². The molecule has 1 amide bonds. The number of benzene rings is 1. The van der Waals surface area contributed by atoms with E-state index < -0.39 is 0 Å². The van der Waals surface area contributed by atoms with Crippen molar-refractivity contribution in [3.05, 3.63) is 51.1 Å². The summed E-state index contributed by atoms with van der Waals surface area (Å²) in [6.07, 6.45) is 4.03. The fraction of sp³-hybridized carbons (Fsp3) is 0.542. The van der Waals surface area contributed by atoms with Crippen LogP contribution in [0.1, 0.15) is 49.1 Å². The van der Waals surface area contributed by atoms with Gasteiger partial charge < -0.3 is 10.2 Å². The molecule has 1 N–H and O–H groups in total. The fourth-order valence-electron chi connectivity index (χ4n) is 4.03. The number of nitrogens with one attached hydrogen (secondary N) is 1. The summed E-state index contributed by atoms with van der Waals surface area (Å²) in [4.78, 5) is 32.0. The monoisotopic (exact) mass is 442 g/mol. The number of anilines is 1. The average Bonchev–Trinajstić information content (AvgIpc) is 2.76. The van der Waals surface area contributed by atoms with E-state index in [0.29, 0.717) is 6.54 Å². The van der Waals surface area contributed by atoms with E-state index in [0.717, 1.165) is 72.9 Å². The average molecular weight is 443 g/mol. The number of hydrogen-bond donors (Lipinski definition) is 1. The fourth-order valence-corrected chi connectivity index (χ4v) is 4.91. The summed E-state index contributed by atoms with van der Waals surface area (Å²) in [6.45, 7) is 11.8. The van der Waals surface area contributed by atoms with Gasteiger partial charge in [-0.3, -0.25) is 9.36 Å². The number of carbonyl (C=O) groups is 1. The first kappa shape index (κ1) is 23.5. The van der Waals surface area contributed by atoms with Crippen LogP contribution in [-0.4, -0.2) is 45.7 Å². The van der Waals surface area contributed by atoms with Crippen molar-refractivity contribution in [3.63, 3.8) is 0 Å². The SMILES string of the molecule is CCN(CC)CCn1c2c(c(SCC(=O)Nc3ccc(C)c(C)c3)nc1=O)CCCC2. The first-order valence-electron chi connectivity index (χ1n) is 11.3. The van der Waals surface area contributed by atoms with Crippen LogP contribution in [0, 0.1) is 13.8 Å². The minimum absolute atomic E-state index is 0.0784. The summed E-state index contributed by atoms with van der Waals surface area (Å²) in [5.41, 5.74) is 5.24. The molecule has 168 valence electrons. The molecular formula is C24H34N4O2S. The summed E-state index contributed by atoms with van der Waals surface area (Å²) in [6, 6.07) is 5.91. The van der Waals surface area contributed by atoms with Crippen molar-refractivity contribution >= 4 is 23.4 Å². The largest absolute Gasteiger partial charge is 0.348 e. The molecule has 0 atom stereocenters. The standard InChI is InChI=1S/C24H34N4O2S/c1-5-27(6-2)13-14-28-21-10-8-7-9-20(21)23(26-24(28)30)31-16-22(29)25-19-12-11-17(3)18(4)15-19/h11-12,15H,5-10,13-14,16H2,1-4H3,(H,25,29). The lowest BCUT2D eigenvalue weighted by atomic mass is 9.97. The van der Waals surface area contributed by atoms with Crippen molar-refractivity contribution in [1.82, 2.24) is 14.5 Å². The molecular weight excluding hydrogens is 408 g/mol. The van der Waals surface area contributed by atoms with Gasteiger partial charge in [-0.2, -0.15) is 4.98 Å². The Bertz CT molecular complexity index is 982. The summed E-state index contributed by atoms with van der Waals surface area (Å²) < 4.78 is 1.87. The van der Waals surface area contributed by atoms with Gasteiger partial charge in [0.2, 0.25) is 5.91 Å². The lowest BCUT2D eigenvalue weighted by molar-refractivity contribution is -0.113. The molecule has 6 nitrogen and oxygen atoms in total. The molecule has 0 unspecified atom stereocenters. The second-order valence-corrected chi connectivity index (χ2v) is 9.11. The molecule has 0 fully saturated rings. The van der Waals surface area contributed by atoms with Crippen molar-refractivity contribution in [2.45, 2.75) is 64.9 Å². The molecule has 0 aliphatic heterocycles. The number of carbonyl (C=O) groups excluding carboxylic acids is 1. The third-order valence-corrected chi connectivity index (χ3v) is 7.13. The normalized spacial score (nSPS) is 13.3. The van der Waals surface area contributed by atoms with Crippen LogP contribution < -0.4 is 11.0 Å². The Labute approximate surface area is 189 Å². The minimum Gasteiger partial charge on any atom is -0.325 e. The van der Waals surface area contributed by atoms with Crippen molar-refractivity contribution in [3.8, 4) is 0 Å². The van der Waals surface area contributed by atoms with Crippen molar-refractivity contribution in [2.24, 2.45) is 0 Å². The predicted molar refractivity (Wildman–Crippen MR) is 128 cm³/mol. The third-order valence-electron chi connectivity index (χ3n) is 6.12. The lowest BCUT2D eigenvalue weighted by Crippen LogP contribution is -2.35. The topological polar surface area (TPSA) is 67.2 Å². The zero-order valence-corrected chi connectivity index (χ0v) is 20.0. The molecule has 3 rings (SSSR count). The number of fused-ring (bicyclic) bond motifs is 1. The number of likely N-dealkylation sites (N-methyl/N-ethyl adjacent to an activating group) is 1. The highest BCUT2D eigenvalue weighted by Gasteiger charge is 2.21. The molecule has 0 bridgehead atoms. The zero-order chi connectivity index (χ0) is 22.4. The molecule has 0 saturated carbocycles. The van der Waals surface area contributed by atoms with E-state index in [9.17, 15) is 9.59 Å². The van der Waals surface area contributed by atoms with Crippen LogP contribution in [0.3, 0.4) is 0 Å². The molecule has 1 aliphatic rings. The highest BCUT2D eigenvalue weighted by atomic mass is 32.2. The highest BCUT2D eigenvalue weighted by molar-refractivity contribution is 8.00. The summed E-state index contributed by atoms with van der Waals surface area (Å²) >= 11 is 1.38. The quantitative estimate of drug-likeness (QED) is 0.472. The van der Waals surface area contributed by atoms with Gasteiger partial charge in [0.15, 0.2) is 0 Å². The van der Waals surface area contributed by atoms with E-state index in [1.54, 1.807) is 0 Å². The van der Waals surface area contributed by atoms with Gasteiger partial charge in [0.1, 0.15) is 5.03 Å². The van der Waals surface area contributed by atoms with Gasteiger partial charge in [-0.1, -0.05) is 31.7 Å². The number of hydrogen-bond acceptors (Lipinski definition) is 5. The van der Waals surface area contributed by atoms with E-state index >= 15 is 0 Å². The van der Waals surface area contributed by atoms with Gasteiger partial charge in [0.25, 0.3) is 0 Å². The van der Waals surface area contributed by atoms with E-state index in [-0.39, 0.29) is 17.3 Å². The van der Waals surface area contributed by atoms with Gasteiger partial charge in [-0.25, -0.2) is 4.79 Å². The van der Waals surface area contributed by atoms with Crippen LogP contribution in [0.25, 0.3) is 0 Å². The van der Waals surface area contributed by atoms with Crippen LogP contribution in [0.2, 0.25) is 0 Å². The van der Waals surface area contributed by atoms with Gasteiger partial charge in [-0.05, 0) is 75.9 Å². The molecule has 2 aromatic rings. The highest BCUT2D eigenvalue weighted by Crippen LogP contribution is 2.28. The number of thioether (sulfide) groups is 1. The van der Waals surface area contributed by atoms with Crippen LogP contribution in [0.15, 0.2) is 28.0 Å². The second kappa shape index (κ2) is 11.0. The molecule has 0 radical (unpaired) electrons. The Morgan fingerprint density at radius 3 is 2.61 bits per heavy atom. The number of aryl methyl sites for hydroxylation is 2. The Hall–Kier alpha value is -2.12. The molecule has 1 heterocycles. The van der Waals surface area contributed by atoms with Gasteiger partial charge in [0, 0.05) is 30.0 Å². The van der Waals surface area contributed by atoms with E-state index in [1.165, 1.54) is 17.3 Å². The maximum Gasteiger partial charge on any atom is 0.348 e. The molecule has 1 aromatic heterocycles. The van der Waals surface area contributed by atoms with E-state index in [4.69, 9.17) is 0 Å². The maximum absolute atomic E-state index is 12.8. The number of nitrogens with zero attached hydrogens (tertiary/aromatic N) is 3. The number of amides is 1. The van der Waals surface area contributed by atoms with Crippen molar-refractivity contribution in [1.29, 1.82) is 0 Å². The minimum atomic E-state index is -0.190. The van der Waals surface area contributed by atoms with Gasteiger partial charge in [-0.15, -0.1) is 0 Å². The zero-order valence-electron chi connectivity index (χ0n) is 19.2. The van der Waals surface area contributed by atoms with Crippen molar-refractivity contribution < 1.29 is 4.79 Å². The molecule has 0 spiro atoms. The molecule has 1 aromatic carbocycles. The van der Waals surface area contributed by atoms with Crippen LogP contribution in [0.5, 0.6) is 0 Å². The summed E-state index contributed by atoms with van der Waals surface area (Å²) in [5, 5.41) is 3.69. The molecule has 7 heteroatoms. The molecule has 0 saturated heterocycles. The van der Waals surface area contributed by atoms with Crippen LogP contribution >= 0.6 is 11.8 Å². The van der Waals surface area contributed by atoms with Crippen molar-refractivity contribution in [2.75, 3.05) is 30.7 Å².